The van der Waals surface area contributed by atoms with Gasteiger partial charge in [0.15, 0.2) is 0 Å². The molecular formula is C15H23ClN2O2. The average Bonchev–Trinajstić information content (AvgIpc) is 2.38. The first-order chi connectivity index (χ1) is 9.15. The fraction of sp³-hybridized carbons (Fsp3) is 0.533. The first-order valence-corrected chi connectivity index (χ1v) is 6.86. The Morgan fingerprint density at radius 2 is 2.30 bits per heavy atom. The number of nitrogens with one attached hydrogen (secondary N) is 1. The van der Waals surface area contributed by atoms with Crippen molar-refractivity contribution in [2.24, 2.45) is 0 Å². The van der Waals surface area contributed by atoms with Crippen LogP contribution in [0.5, 0.6) is 5.75 Å². The monoisotopic (exact) mass is 298 g/mol. The van der Waals surface area contributed by atoms with E-state index >= 15 is 0 Å². The SMILES string of the molecule is Cc1cccc(OCCC(=O)N2CCN[C@H](C)C2)c1.Cl. The van der Waals surface area contributed by atoms with Crippen LogP contribution < -0.4 is 10.1 Å². The lowest BCUT2D eigenvalue weighted by molar-refractivity contribution is -0.132. The summed E-state index contributed by atoms with van der Waals surface area (Å²) in [5.74, 6) is 1.02. The van der Waals surface area contributed by atoms with Crippen molar-refractivity contribution in [1.82, 2.24) is 10.2 Å². The molecule has 1 aliphatic heterocycles. The van der Waals surface area contributed by atoms with E-state index in [0.29, 0.717) is 19.1 Å². The molecule has 4 nitrogen and oxygen atoms in total. The highest BCUT2D eigenvalue weighted by molar-refractivity contribution is 5.85. The summed E-state index contributed by atoms with van der Waals surface area (Å²) >= 11 is 0. The first-order valence-electron chi connectivity index (χ1n) is 6.86. The normalized spacial score (nSPS) is 18.3. The van der Waals surface area contributed by atoms with E-state index in [0.717, 1.165) is 25.4 Å². The zero-order chi connectivity index (χ0) is 13.7. The standard InChI is InChI=1S/C15H22N2O2.ClH/c1-12-4-3-5-14(10-12)19-9-6-15(18)17-8-7-16-13(2)11-17;/h3-5,10,13,16H,6-9,11H2,1-2H3;1H/t13-;/m1./s1. The minimum absolute atomic E-state index is 0. The van der Waals surface area contributed by atoms with Crippen LogP contribution in [0.15, 0.2) is 24.3 Å². The van der Waals surface area contributed by atoms with Crippen LogP contribution in [0, 0.1) is 6.92 Å². The second-order valence-electron chi connectivity index (χ2n) is 5.11. The largest absolute Gasteiger partial charge is 0.493 e. The van der Waals surface area contributed by atoms with E-state index in [4.69, 9.17) is 4.74 Å². The summed E-state index contributed by atoms with van der Waals surface area (Å²) in [6, 6.07) is 8.28. The lowest BCUT2D eigenvalue weighted by atomic mass is 10.2. The Bertz CT molecular complexity index is 440. The molecule has 1 amide bonds. The van der Waals surface area contributed by atoms with Gasteiger partial charge in [-0.1, -0.05) is 12.1 Å². The van der Waals surface area contributed by atoms with Crippen molar-refractivity contribution < 1.29 is 9.53 Å². The molecule has 1 heterocycles. The van der Waals surface area contributed by atoms with Crippen molar-refractivity contribution in [2.75, 3.05) is 26.2 Å². The smallest absolute Gasteiger partial charge is 0.226 e. The molecule has 5 heteroatoms. The van der Waals surface area contributed by atoms with Crippen LogP contribution in [0.1, 0.15) is 18.9 Å². The van der Waals surface area contributed by atoms with Crippen molar-refractivity contribution in [3.63, 3.8) is 0 Å². The maximum Gasteiger partial charge on any atom is 0.226 e. The zero-order valence-corrected chi connectivity index (χ0v) is 12.9. The third kappa shape index (κ3) is 5.02. The Morgan fingerprint density at radius 3 is 3.00 bits per heavy atom. The molecule has 1 saturated heterocycles. The van der Waals surface area contributed by atoms with Gasteiger partial charge in [-0.25, -0.2) is 0 Å². The first kappa shape index (κ1) is 16.8. The maximum atomic E-state index is 12.0. The van der Waals surface area contributed by atoms with Gasteiger partial charge in [0.1, 0.15) is 5.75 Å². The van der Waals surface area contributed by atoms with Crippen molar-refractivity contribution in [2.45, 2.75) is 26.3 Å². The van der Waals surface area contributed by atoms with Crippen LogP contribution in [0.3, 0.4) is 0 Å². The number of halogens is 1. The highest BCUT2D eigenvalue weighted by atomic mass is 35.5. The van der Waals surface area contributed by atoms with Gasteiger partial charge in [0, 0.05) is 25.7 Å². The minimum Gasteiger partial charge on any atom is -0.493 e. The molecule has 20 heavy (non-hydrogen) atoms. The van der Waals surface area contributed by atoms with Crippen LogP contribution in [0.4, 0.5) is 0 Å². The summed E-state index contributed by atoms with van der Waals surface area (Å²) in [4.78, 5) is 13.9. The average molecular weight is 299 g/mol. The van der Waals surface area contributed by atoms with E-state index in [9.17, 15) is 4.79 Å². The van der Waals surface area contributed by atoms with Crippen LogP contribution in [-0.4, -0.2) is 43.1 Å². The van der Waals surface area contributed by atoms with Gasteiger partial charge in [0.05, 0.1) is 13.0 Å². The number of piperazine rings is 1. The Kier molecular flexibility index (Phi) is 6.82. The number of hydrogen-bond acceptors (Lipinski definition) is 3. The van der Waals surface area contributed by atoms with Crippen molar-refractivity contribution in [3.8, 4) is 5.75 Å². The Labute approximate surface area is 126 Å². The molecule has 0 aromatic heterocycles. The number of rotatable bonds is 4. The Hall–Kier alpha value is -1.26. The Balaban J connectivity index is 0.00000200. The molecule has 1 N–H and O–H groups in total. The third-order valence-corrected chi connectivity index (χ3v) is 3.30. The molecule has 0 radical (unpaired) electrons. The third-order valence-electron chi connectivity index (χ3n) is 3.30. The summed E-state index contributed by atoms with van der Waals surface area (Å²) in [5, 5.41) is 3.33. The quantitative estimate of drug-likeness (QED) is 0.924. The van der Waals surface area contributed by atoms with Gasteiger partial charge in [-0.15, -0.1) is 12.4 Å². The highest BCUT2D eigenvalue weighted by Crippen LogP contribution is 2.12. The predicted molar refractivity (Wildman–Crippen MR) is 82.6 cm³/mol. The predicted octanol–water partition coefficient (Wildman–Crippen LogP) is 2.01. The highest BCUT2D eigenvalue weighted by Gasteiger charge is 2.19. The van der Waals surface area contributed by atoms with Crippen molar-refractivity contribution >= 4 is 18.3 Å². The van der Waals surface area contributed by atoms with Crippen LogP contribution in [0.25, 0.3) is 0 Å². The molecule has 1 fully saturated rings. The molecule has 1 aliphatic rings. The molecule has 0 unspecified atom stereocenters. The maximum absolute atomic E-state index is 12.0. The molecular weight excluding hydrogens is 276 g/mol. The number of hydrogen-bond donors (Lipinski definition) is 1. The summed E-state index contributed by atoms with van der Waals surface area (Å²) in [5.41, 5.74) is 1.17. The van der Waals surface area contributed by atoms with Gasteiger partial charge in [-0.3, -0.25) is 4.79 Å². The molecule has 2 rings (SSSR count). The summed E-state index contributed by atoms with van der Waals surface area (Å²) in [7, 11) is 0. The van der Waals surface area contributed by atoms with Gasteiger partial charge in [-0.05, 0) is 31.5 Å². The van der Waals surface area contributed by atoms with Gasteiger partial charge in [-0.2, -0.15) is 0 Å². The molecule has 0 aliphatic carbocycles. The molecule has 1 aromatic carbocycles. The zero-order valence-electron chi connectivity index (χ0n) is 12.1. The fourth-order valence-corrected chi connectivity index (χ4v) is 2.28. The number of aryl methyl sites for hydroxylation is 1. The van der Waals surface area contributed by atoms with Crippen molar-refractivity contribution in [1.29, 1.82) is 0 Å². The number of benzene rings is 1. The topological polar surface area (TPSA) is 41.6 Å². The summed E-state index contributed by atoms with van der Waals surface area (Å²) < 4.78 is 5.61. The van der Waals surface area contributed by atoms with E-state index in [1.165, 1.54) is 5.56 Å². The number of nitrogens with zero attached hydrogens (tertiary/aromatic N) is 1. The van der Waals surface area contributed by atoms with Crippen LogP contribution in [0.2, 0.25) is 0 Å². The fourth-order valence-electron chi connectivity index (χ4n) is 2.28. The lowest BCUT2D eigenvalue weighted by Gasteiger charge is -2.31. The summed E-state index contributed by atoms with van der Waals surface area (Å²) in [6.45, 7) is 7.05. The van der Waals surface area contributed by atoms with E-state index in [2.05, 4.69) is 12.2 Å². The lowest BCUT2D eigenvalue weighted by Crippen LogP contribution is -2.51. The van der Waals surface area contributed by atoms with Crippen LogP contribution in [-0.2, 0) is 4.79 Å². The molecule has 112 valence electrons. The molecule has 1 aromatic rings. The van der Waals surface area contributed by atoms with Gasteiger partial charge in [0.2, 0.25) is 5.91 Å². The van der Waals surface area contributed by atoms with Gasteiger partial charge >= 0.3 is 0 Å². The van der Waals surface area contributed by atoms with E-state index in [1.807, 2.05) is 36.1 Å². The molecule has 0 saturated carbocycles. The number of ether oxygens (including phenoxy) is 1. The van der Waals surface area contributed by atoms with Crippen LogP contribution >= 0.6 is 12.4 Å². The molecule has 0 spiro atoms. The number of carbonyl (C=O) groups is 1. The number of carbonyl (C=O) groups excluding carboxylic acids is 1. The van der Waals surface area contributed by atoms with E-state index < -0.39 is 0 Å². The van der Waals surface area contributed by atoms with E-state index in [-0.39, 0.29) is 18.3 Å². The van der Waals surface area contributed by atoms with Crippen molar-refractivity contribution in [3.05, 3.63) is 29.8 Å². The minimum atomic E-state index is 0. The number of amides is 1. The molecule has 0 bridgehead atoms. The second kappa shape index (κ2) is 8.12. The molecule has 1 atom stereocenters. The summed E-state index contributed by atoms with van der Waals surface area (Å²) in [6.07, 6.45) is 0.445. The van der Waals surface area contributed by atoms with Gasteiger partial charge < -0.3 is 15.0 Å². The van der Waals surface area contributed by atoms with E-state index in [1.54, 1.807) is 0 Å². The second-order valence-corrected chi connectivity index (χ2v) is 5.11. The Morgan fingerprint density at radius 1 is 1.50 bits per heavy atom. The van der Waals surface area contributed by atoms with Gasteiger partial charge in [0.25, 0.3) is 0 Å².